The molecule has 0 radical (unpaired) electrons. The topological polar surface area (TPSA) is 46.5 Å². The van der Waals surface area contributed by atoms with Gasteiger partial charge in [-0.15, -0.1) is 0 Å². The summed E-state index contributed by atoms with van der Waals surface area (Å²) in [5, 5.41) is 9.58. The average molecular weight is 356 g/mol. The molecule has 0 atom stereocenters. The molecule has 0 saturated carbocycles. The number of carboxylic acids is 1. The minimum Gasteiger partial charge on any atom is -0.489 e. The summed E-state index contributed by atoms with van der Waals surface area (Å²) in [6.45, 7) is 2.15. The number of aryl methyl sites for hydroxylation is 1. The molecular weight excluding hydrogens is 344 g/mol. The zero-order chi connectivity index (χ0) is 14.7. The van der Waals surface area contributed by atoms with Crippen LogP contribution in [0.25, 0.3) is 0 Å². The fourth-order valence-corrected chi connectivity index (χ4v) is 2.41. The van der Waals surface area contributed by atoms with E-state index in [4.69, 9.17) is 21.4 Å². The minimum atomic E-state index is -0.975. The SMILES string of the molecule is Cc1ccc(C(=O)O)cc1OCc1ccc(Br)cc1Cl. The van der Waals surface area contributed by atoms with Crippen LogP contribution in [0.2, 0.25) is 5.02 Å². The summed E-state index contributed by atoms with van der Waals surface area (Å²) in [4.78, 5) is 10.9. The summed E-state index contributed by atoms with van der Waals surface area (Å²) >= 11 is 9.45. The van der Waals surface area contributed by atoms with Crippen molar-refractivity contribution in [2.75, 3.05) is 0 Å². The van der Waals surface area contributed by atoms with E-state index in [0.29, 0.717) is 10.8 Å². The molecular formula is C15H12BrClO3. The normalized spacial score (nSPS) is 10.3. The molecule has 2 rings (SSSR count). The highest BCUT2D eigenvalue weighted by Gasteiger charge is 2.08. The van der Waals surface area contributed by atoms with E-state index in [1.807, 2.05) is 19.1 Å². The van der Waals surface area contributed by atoms with Crippen molar-refractivity contribution in [3.8, 4) is 5.75 Å². The fourth-order valence-electron chi connectivity index (χ4n) is 1.68. The van der Waals surface area contributed by atoms with Crippen LogP contribution in [0.1, 0.15) is 21.5 Å². The van der Waals surface area contributed by atoms with Crippen LogP contribution in [-0.4, -0.2) is 11.1 Å². The summed E-state index contributed by atoms with van der Waals surface area (Å²) in [5.74, 6) is -0.430. The van der Waals surface area contributed by atoms with Crippen molar-refractivity contribution in [3.05, 3.63) is 62.6 Å². The zero-order valence-electron chi connectivity index (χ0n) is 10.7. The molecule has 20 heavy (non-hydrogen) atoms. The van der Waals surface area contributed by atoms with Gasteiger partial charge in [-0.2, -0.15) is 0 Å². The van der Waals surface area contributed by atoms with E-state index in [1.54, 1.807) is 18.2 Å². The molecule has 0 bridgehead atoms. The lowest BCUT2D eigenvalue weighted by Gasteiger charge is -2.11. The summed E-state index contributed by atoms with van der Waals surface area (Å²) in [5.41, 5.74) is 1.92. The maximum atomic E-state index is 10.9. The number of hydrogen-bond donors (Lipinski definition) is 1. The lowest BCUT2D eigenvalue weighted by Crippen LogP contribution is -2.01. The van der Waals surface area contributed by atoms with Gasteiger partial charge in [0.15, 0.2) is 0 Å². The molecule has 0 unspecified atom stereocenters. The molecule has 1 N–H and O–H groups in total. The fraction of sp³-hybridized carbons (Fsp3) is 0.133. The Morgan fingerprint density at radius 3 is 2.70 bits per heavy atom. The molecule has 2 aromatic carbocycles. The molecule has 0 saturated heterocycles. The van der Waals surface area contributed by atoms with Gasteiger partial charge in [0.1, 0.15) is 12.4 Å². The molecule has 0 aliphatic heterocycles. The van der Waals surface area contributed by atoms with Gasteiger partial charge < -0.3 is 9.84 Å². The second-order valence-electron chi connectivity index (χ2n) is 4.31. The Morgan fingerprint density at radius 2 is 2.05 bits per heavy atom. The predicted octanol–water partition coefficient (Wildman–Crippen LogP) is 4.69. The van der Waals surface area contributed by atoms with Crippen molar-refractivity contribution in [3.63, 3.8) is 0 Å². The van der Waals surface area contributed by atoms with Crippen molar-refractivity contribution in [1.29, 1.82) is 0 Å². The molecule has 3 nitrogen and oxygen atoms in total. The molecule has 0 spiro atoms. The Morgan fingerprint density at radius 1 is 1.30 bits per heavy atom. The molecule has 5 heteroatoms. The van der Waals surface area contributed by atoms with Gasteiger partial charge in [-0.1, -0.05) is 39.7 Å². The van der Waals surface area contributed by atoms with Crippen LogP contribution < -0.4 is 4.74 Å². The van der Waals surface area contributed by atoms with Gasteiger partial charge in [0.2, 0.25) is 0 Å². The number of carbonyl (C=O) groups is 1. The lowest BCUT2D eigenvalue weighted by atomic mass is 10.1. The summed E-state index contributed by atoms with van der Waals surface area (Å²) in [7, 11) is 0. The number of rotatable bonds is 4. The molecule has 2 aromatic rings. The average Bonchev–Trinajstić information content (AvgIpc) is 2.39. The summed E-state index contributed by atoms with van der Waals surface area (Å²) in [6.07, 6.45) is 0. The van der Waals surface area contributed by atoms with E-state index in [1.165, 1.54) is 6.07 Å². The van der Waals surface area contributed by atoms with E-state index >= 15 is 0 Å². The standard InChI is InChI=1S/C15H12BrClO3/c1-9-2-3-10(15(18)19)6-14(9)20-8-11-4-5-12(16)7-13(11)17/h2-7H,8H2,1H3,(H,18,19). The first-order valence-corrected chi connectivity index (χ1v) is 7.05. The largest absolute Gasteiger partial charge is 0.489 e. The van der Waals surface area contributed by atoms with Crippen LogP contribution in [0, 0.1) is 6.92 Å². The van der Waals surface area contributed by atoms with Crippen LogP contribution in [0.3, 0.4) is 0 Å². The monoisotopic (exact) mass is 354 g/mol. The lowest BCUT2D eigenvalue weighted by molar-refractivity contribution is 0.0696. The Kier molecular flexibility index (Phi) is 4.68. The second-order valence-corrected chi connectivity index (χ2v) is 5.63. The van der Waals surface area contributed by atoms with Crippen LogP contribution in [-0.2, 0) is 6.61 Å². The van der Waals surface area contributed by atoms with Crippen LogP contribution >= 0.6 is 27.5 Å². The zero-order valence-corrected chi connectivity index (χ0v) is 13.0. The van der Waals surface area contributed by atoms with E-state index in [0.717, 1.165) is 15.6 Å². The van der Waals surface area contributed by atoms with Crippen LogP contribution in [0.15, 0.2) is 40.9 Å². The van der Waals surface area contributed by atoms with E-state index < -0.39 is 5.97 Å². The van der Waals surface area contributed by atoms with Gasteiger partial charge in [0, 0.05) is 15.1 Å². The van der Waals surface area contributed by atoms with Gasteiger partial charge in [0.05, 0.1) is 5.56 Å². The highest BCUT2D eigenvalue weighted by Crippen LogP contribution is 2.25. The van der Waals surface area contributed by atoms with Gasteiger partial charge in [-0.25, -0.2) is 4.79 Å². The third kappa shape index (κ3) is 3.52. The molecule has 0 aromatic heterocycles. The quantitative estimate of drug-likeness (QED) is 0.865. The number of halogens is 2. The first kappa shape index (κ1) is 14.9. The van der Waals surface area contributed by atoms with Gasteiger partial charge >= 0.3 is 5.97 Å². The number of aromatic carboxylic acids is 1. The summed E-state index contributed by atoms with van der Waals surface area (Å²) in [6, 6.07) is 10.3. The molecule has 0 heterocycles. The van der Waals surface area contributed by atoms with Gasteiger partial charge in [-0.05, 0) is 36.8 Å². The van der Waals surface area contributed by atoms with Crippen molar-refractivity contribution in [2.24, 2.45) is 0 Å². The number of ether oxygens (including phenoxy) is 1. The van der Waals surface area contributed by atoms with E-state index in [9.17, 15) is 4.79 Å². The first-order chi connectivity index (χ1) is 9.47. The highest BCUT2D eigenvalue weighted by atomic mass is 79.9. The van der Waals surface area contributed by atoms with Gasteiger partial charge in [0.25, 0.3) is 0 Å². The number of benzene rings is 2. The van der Waals surface area contributed by atoms with Crippen LogP contribution in [0.5, 0.6) is 5.75 Å². The Bertz CT molecular complexity index is 656. The minimum absolute atomic E-state index is 0.201. The molecule has 0 aliphatic rings. The highest BCUT2D eigenvalue weighted by molar-refractivity contribution is 9.10. The van der Waals surface area contributed by atoms with Crippen molar-refractivity contribution < 1.29 is 14.6 Å². The molecule has 0 fully saturated rings. The Balaban J connectivity index is 2.18. The summed E-state index contributed by atoms with van der Waals surface area (Å²) < 4.78 is 6.57. The molecule has 0 amide bonds. The Labute approximate surface area is 130 Å². The van der Waals surface area contributed by atoms with Crippen LogP contribution in [0.4, 0.5) is 0 Å². The number of carboxylic acid groups (broad SMARTS) is 1. The number of hydrogen-bond acceptors (Lipinski definition) is 2. The smallest absolute Gasteiger partial charge is 0.335 e. The second kappa shape index (κ2) is 6.29. The molecule has 104 valence electrons. The van der Waals surface area contributed by atoms with Crippen molar-refractivity contribution >= 4 is 33.5 Å². The Hall–Kier alpha value is -1.52. The third-order valence-electron chi connectivity index (χ3n) is 2.83. The predicted molar refractivity (Wildman–Crippen MR) is 81.6 cm³/mol. The van der Waals surface area contributed by atoms with E-state index in [2.05, 4.69) is 15.9 Å². The molecule has 0 aliphatic carbocycles. The maximum Gasteiger partial charge on any atom is 0.335 e. The van der Waals surface area contributed by atoms with Crippen molar-refractivity contribution in [1.82, 2.24) is 0 Å². The van der Waals surface area contributed by atoms with E-state index in [-0.39, 0.29) is 12.2 Å². The van der Waals surface area contributed by atoms with Gasteiger partial charge in [-0.3, -0.25) is 0 Å². The maximum absolute atomic E-state index is 10.9. The van der Waals surface area contributed by atoms with Crippen molar-refractivity contribution in [2.45, 2.75) is 13.5 Å². The third-order valence-corrected chi connectivity index (χ3v) is 3.68. The first-order valence-electron chi connectivity index (χ1n) is 5.88.